The Morgan fingerprint density at radius 3 is 2.79 bits per heavy atom. The van der Waals surface area contributed by atoms with Gasteiger partial charge in [0.2, 0.25) is 0 Å². The third-order valence-corrected chi connectivity index (χ3v) is 5.35. The standard InChI is InChI=1S/C26H21N5O2/c1-33-25(32)12-8-18-7-10-23-22(13-18)26(28-17-27-23)30-21-9-11-24-20(14-21)15-29-31(24)16-19-5-3-2-4-6-19/h2-15,17H,16H2,1H3,(H,27,28,30)/b12-8+. The Bertz CT molecular complexity index is 1470. The van der Waals surface area contributed by atoms with Gasteiger partial charge in [-0.25, -0.2) is 14.8 Å². The van der Waals surface area contributed by atoms with Crippen molar-refractivity contribution >= 4 is 45.4 Å². The second-order valence-electron chi connectivity index (χ2n) is 7.54. The predicted molar refractivity (Wildman–Crippen MR) is 129 cm³/mol. The molecule has 2 aromatic heterocycles. The molecule has 2 heterocycles. The molecule has 0 saturated carbocycles. The van der Waals surface area contributed by atoms with Crippen LogP contribution < -0.4 is 5.32 Å². The molecule has 0 aliphatic heterocycles. The third-order valence-electron chi connectivity index (χ3n) is 5.35. The van der Waals surface area contributed by atoms with Crippen molar-refractivity contribution in [2.24, 2.45) is 0 Å². The van der Waals surface area contributed by atoms with Crippen LogP contribution in [0.3, 0.4) is 0 Å². The van der Waals surface area contributed by atoms with E-state index in [0.29, 0.717) is 5.82 Å². The van der Waals surface area contributed by atoms with E-state index in [-0.39, 0.29) is 0 Å². The molecule has 0 fully saturated rings. The number of rotatable bonds is 6. The van der Waals surface area contributed by atoms with E-state index in [0.717, 1.165) is 39.6 Å². The zero-order valence-electron chi connectivity index (χ0n) is 18.0. The summed E-state index contributed by atoms with van der Waals surface area (Å²) in [6.45, 7) is 0.718. The first kappa shape index (κ1) is 20.4. The van der Waals surface area contributed by atoms with Crippen LogP contribution in [0.4, 0.5) is 11.5 Å². The van der Waals surface area contributed by atoms with Crippen LogP contribution in [0, 0.1) is 0 Å². The Morgan fingerprint density at radius 1 is 1.06 bits per heavy atom. The third kappa shape index (κ3) is 4.43. The Kier molecular flexibility index (Phi) is 5.51. The predicted octanol–water partition coefficient (Wildman–Crippen LogP) is 4.96. The molecule has 0 amide bonds. The van der Waals surface area contributed by atoms with Crippen LogP contribution in [-0.4, -0.2) is 32.8 Å². The molecule has 0 radical (unpaired) electrons. The van der Waals surface area contributed by atoms with Gasteiger partial charge in [-0.2, -0.15) is 5.10 Å². The quantitative estimate of drug-likeness (QED) is 0.300. The molecule has 3 aromatic carbocycles. The zero-order chi connectivity index (χ0) is 22.6. The van der Waals surface area contributed by atoms with E-state index >= 15 is 0 Å². The lowest BCUT2D eigenvalue weighted by molar-refractivity contribution is -0.134. The molecule has 0 atom stereocenters. The van der Waals surface area contributed by atoms with Gasteiger partial charge in [-0.05, 0) is 47.5 Å². The van der Waals surface area contributed by atoms with Crippen molar-refractivity contribution in [3.8, 4) is 0 Å². The van der Waals surface area contributed by atoms with Crippen molar-refractivity contribution in [1.29, 1.82) is 0 Å². The normalized spacial score (nSPS) is 11.3. The summed E-state index contributed by atoms with van der Waals surface area (Å²) in [6.07, 6.45) is 6.50. The van der Waals surface area contributed by atoms with Crippen LogP contribution in [0.1, 0.15) is 11.1 Å². The van der Waals surface area contributed by atoms with Crippen molar-refractivity contribution in [3.63, 3.8) is 0 Å². The molecule has 33 heavy (non-hydrogen) atoms. The largest absolute Gasteiger partial charge is 0.466 e. The summed E-state index contributed by atoms with van der Waals surface area (Å²) in [7, 11) is 1.35. The zero-order valence-corrected chi connectivity index (χ0v) is 18.0. The van der Waals surface area contributed by atoms with Gasteiger partial charge >= 0.3 is 5.97 Å². The highest BCUT2D eigenvalue weighted by molar-refractivity contribution is 5.94. The van der Waals surface area contributed by atoms with Gasteiger partial charge in [0, 0.05) is 22.5 Å². The summed E-state index contributed by atoms with van der Waals surface area (Å²) in [4.78, 5) is 20.2. The van der Waals surface area contributed by atoms with E-state index in [1.807, 2.05) is 53.3 Å². The van der Waals surface area contributed by atoms with Gasteiger partial charge in [-0.1, -0.05) is 36.4 Å². The number of carbonyl (C=O) groups is 1. The number of benzene rings is 3. The van der Waals surface area contributed by atoms with Gasteiger partial charge in [0.05, 0.1) is 30.9 Å². The minimum atomic E-state index is -0.404. The van der Waals surface area contributed by atoms with Crippen LogP contribution in [0.25, 0.3) is 27.9 Å². The van der Waals surface area contributed by atoms with Gasteiger partial charge in [0.1, 0.15) is 12.1 Å². The number of hydrogen-bond donors (Lipinski definition) is 1. The molecular weight excluding hydrogens is 414 g/mol. The maximum Gasteiger partial charge on any atom is 0.330 e. The van der Waals surface area contributed by atoms with Gasteiger partial charge in [0.25, 0.3) is 0 Å². The highest BCUT2D eigenvalue weighted by atomic mass is 16.5. The molecule has 0 bridgehead atoms. The van der Waals surface area contributed by atoms with E-state index in [9.17, 15) is 4.79 Å². The lowest BCUT2D eigenvalue weighted by Crippen LogP contribution is -2.01. The summed E-state index contributed by atoms with van der Waals surface area (Å²) < 4.78 is 6.66. The maximum absolute atomic E-state index is 11.4. The monoisotopic (exact) mass is 435 g/mol. The summed E-state index contributed by atoms with van der Waals surface area (Å²) in [5.41, 5.74) is 4.82. The molecule has 0 unspecified atom stereocenters. The first-order chi connectivity index (χ1) is 16.2. The Hall–Kier alpha value is -4.52. The first-order valence-corrected chi connectivity index (χ1v) is 10.5. The molecule has 0 spiro atoms. The maximum atomic E-state index is 11.4. The van der Waals surface area contributed by atoms with Crippen molar-refractivity contribution in [1.82, 2.24) is 19.7 Å². The number of fused-ring (bicyclic) bond motifs is 2. The van der Waals surface area contributed by atoms with E-state index in [4.69, 9.17) is 0 Å². The van der Waals surface area contributed by atoms with Gasteiger partial charge < -0.3 is 10.1 Å². The molecule has 5 rings (SSSR count). The molecular formula is C26H21N5O2. The van der Waals surface area contributed by atoms with Crippen LogP contribution >= 0.6 is 0 Å². The minimum Gasteiger partial charge on any atom is -0.466 e. The number of aromatic nitrogens is 4. The Labute approximate surface area is 190 Å². The van der Waals surface area contributed by atoms with Crippen LogP contribution in [0.5, 0.6) is 0 Å². The molecule has 5 aromatic rings. The Balaban J connectivity index is 1.43. The number of anilines is 2. The molecule has 162 valence electrons. The number of hydrogen-bond acceptors (Lipinski definition) is 6. The van der Waals surface area contributed by atoms with E-state index in [2.05, 4.69) is 49.4 Å². The van der Waals surface area contributed by atoms with Crippen LogP contribution in [-0.2, 0) is 16.1 Å². The van der Waals surface area contributed by atoms with Gasteiger partial charge in [-0.15, -0.1) is 0 Å². The lowest BCUT2D eigenvalue weighted by atomic mass is 10.1. The number of ether oxygens (including phenoxy) is 1. The SMILES string of the molecule is COC(=O)/C=C/c1ccc2ncnc(Nc3ccc4c(cnn4Cc4ccccc4)c3)c2c1. The first-order valence-electron chi connectivity index (χ1n) is 10.5. The molecule has 0 aliphatic rings. The van der Waals surface area contributed by atoms with Crippen LogP contribution in [0.2, 0.25) is 0 Å². The van der Waals surface area contributed by atoms with Gasteiger partial charge in [0.15, 0.2) is 0 Å². The van der Waals surface area contributed by atoms with Crippen molar-refractivity contribution < 1.29 is 9.53 Å². The fourth-order valence-electron chi connectivity index (χ4n) is 3.69. The summed E-state index contributed by atoms with van der Waals surface area (Å²) in [5, 5.41) is 9.85. The van der Waals surface area contributed by atoms with Gasteiger partial charge in [-0.3, -0.25) is 4.68 Å². The fraction of sp³-hybridized carbons (Fsp3) is 0.0769. The molecule has 0 saturated heterocycles. The number of esters is 1. The number of methoxy groups -OCH3 is 1. The lowest BCUT2D eigenvalue weighted by Gasteiger charge is -2.10. The van der Waals surface area contributed by atoms with Crippen molar-refractivity contribution in [2.75, 3.05) is 12.4 Å². The van der Waals surface area contributed by atoms with Crippen LogP contribution in [0.15, 0.2) is 85.3 Å². The topological polar surface area (TPSA) is 81.9 Å². The molecule has 1 N–H and O–H groups in total. The average molecular weight is 435 g/mol. The number of nitrogens with zero attached hydrogens (tertiary/aromatic N) is 4. The summed E-state index contributed by atoms with van der Waals surface area (Å²) >= 11 is 0. The summed E-state index contributed by atoms with van der Waals surface area (Å²) in [5.74, 6) is 0.281. The minimum absolute atomic E-state index is 0.404. The van der Waals surface area contributed by atoms with Crippen molar-refractivity contribution in [2.45, 2.75) is 6.54 Å². The smallest absolute Gasteiger partial charge is 0.330 e. The average Bonchev–Trinajstić information content (AvgIpc) is 3.25. The van der Waals surface area contributed by atoms with Crippen molar-refractivity contribution in [3.05, 3.63) is 96.5 Å². The van der Waals surface area contributed by atoms with E-state index < -0.39 is 5.97 Å². The highest BCUT2D eigenvalue weighted by Crippen LogP contribution is 2.27. The fourth-order valence-corrected chi connectivity index (χ4v) is 3.69. The second kappa shape index (κ2) is 8.92. The van der Waals surface area contributed by atoms with E-state index in [1.54, 1.807) is 6.08 Å². The second-order valence-corrected chi connectivity index (χ2v) is 7.54. The number of nitrogens with one attached hydrogen (secondary N) is 1. The molecule has 0 aliphatic carbocycles. The summed E-state index contributed by atoms with van der Waals surface area (Å²) in [6, 6.07) is 22.1. The Morgan fingerprint density at radius 2 is 1.94 bits per heavy atom. The molecule has 7 nitrogen and oxygen atoms in total. The number of carbonyl (C=O) groups excluding carboxylic acids is 1. The highest BCUT2D eigenvalue weighted by Gasteiger charge is 2.08. The van der Waals surface area contributed by atoms with E-state index in [1.165, 1.54) is 25.1 Å². The molecule has 7 heteroatoms.